The molecule has 3 aliphatic rings. The molecule has 2 atom stereocenters. The highest BCUT2D eigenvalue weighted by molar-refractivity contribution is 4.97. The van der Waals surface area contributed by atoms with Gasteiger partial charge in [-0.1, -0.05) is 26.7 Å². The quantitative estimate of drug-likeness (QED) is 0.866. The average molecular weight is 296 g/mol. The van der Waals surface area contributed by atoms with Gasteiger partial charge >= 0.3 is 0 Å². The minimum Gasteiger partial charge on any atom is -0.347 e. The second-order valence-electron chi connectivity index (χ2n) is 7.61. The monoisotopic (exact) mass is 296 g/mol. The number of ether oxygens (including phenoxy) is 2. The van der Waals surface area contributed by atoms with Gasteiger partial charge in [0.15, 0.2) is 5.79 Å². The van der Waals surface area contributed by atoms with E-state index in [1.54, 1.807) is 0 Å². The third-order valence-corrected chi connectivity index (χ3v) is 5.48. The lowest BCUT2D eigenvalue weighted by Gasteiger charge is -2.47. The van der Waals surface area contributed by atoms with Crippen LogP contribution in [0.5, 0.6) is 0 Å². The first kappa shape index (κ1) is 15.7. The highest BCUT2D eigenvalue weighted by atomic mass is 16.7. The van der Waals surface area contributed by atoms with Crippen molar-refractivity contribution in [1.82, 2.24) is 4.90 Å². The Kier molecular flexibility index (Phi) is 4.89. The molecule has 1 spiro atoms. The Hall–Kier alpha value is -0.160. The molecule has 2 N–H and O–H groups in total. The smallest absolute Gasteiger partial charge is 0.170 e. The SMILES string of the molecule is CC(C)CN(C1CCCC1)C1CC2(CCC1N)OCCO2. The van der Waals surface area contributed by atoms with Gasteiger partial charge in [-0.25, -0.2) is 0 Å². The molecule has 21 heavy (non-hydrogen) atoms. The van der Waals surface area contributed by atoms with E-state index in [1.165, 1.54) is 25.7 Å². The summed E-state index contributed by atoms with van der Waals surface area (Å²) >= 11 is 0. The molecule has 0 aromatic rings. The summed E-state index contributed by atoms with van der Waals surface area (Å²) in [5.74, 6) is 0.357. The lowest BCUT2D eigenvalue weighted by molar-refractivity contribution is -0.194. The molecule has 2 saturated carbocycles. The van der Waals surface area contributed by atoms with E-state index in [0.717, 1.165) is 45.1 Å². The average Bonchev–Trinajstić information content (AvgIpc) is 3.11. The Morgan fingerprint density at radius 1 is 1.14 bits per heavy atom. The van der Waals surface area contributed by atoms with Crippen LogP contribution in [0.3, 0.4) is 0 Å². The van der Waals surface area contributed by atoms with Crippen LogP contribution in [-0.4, -0.2) is 48.6 Å². The van der Waals surface area contributed by atoms with Crippen molar-refractivity contribution < 1.29 is 9.47 Å². The maximum atomic E-state index is 6.52. The molecule has 0 bridgehead atoms. The van der Waals surface area contributed by atoms with Gasteiger partial charge in [0.25, 0.3) is 0 Å². The van der Waals surface area contributed by atoms with E-state index in [9.17, 15) is 0 Å². The molecule has 4 heteroatoms. The topological polar surface area (TPSA) is 47.7 Å². The standard InChI is InChI=1S/C17H32N2O2/c1-13(2)12-19(14-5-3-4-6-14)16-11-17(8-7-15(16)18)20-9-10-21-17/h13-16H,3-12,18H2,1-2H3. The van der Waals surface area contributed by atoms with Crippen LogP contribution in [0.15, 0.2) is 0 Å². The maximum Gasteiger partial charge on any atom is 0.170 e. The Bertz CT molecular complexity index is 336. The summed E-state index contributed by atoms with van der Waals surface area (Å²) in [6, 6.07) is 1.41. The second kappa shape index (κ2) is 6.53. The van der Waals surface area contributed by atoms with Crippen molar-refractivity contribution in [2.45, 2.75) is 82.7 Å². The molecule has 0 amide bonds. The summed E-state index contributed by atoms with van der Waals surface area (Å²) in [4.78, 5) is 2.72. The molecule has 122 valence electrons. The molecule has 3 fully saturated rings. The first-order chi connectivity index (χ1) is 10.1. The number of nitrogens with two attached hydrogens (primary N) is 1. The van der Waals surface area contributed by atoms with Crippen molar-refractivity contribution >= 4 is 0 Å². The first-order valence-corrected chi connectivity index (χ1v) is 8.89. The third kappa shape index (κ3) is 3.44. The molecule has 0 aromatic carbocycles. The highest BCUT2D eigenvalue weighted by Crippen LogP contribution is 2.39. The van der Waals surface area contributed by atoms with Crippen molar-refractivity contribution in [2.24, 2.45) is 11.7 Å². The van der Waals surface area contributed by atoms with Crippen molar-refractivity contribution in [3.05, 3.63) is 0 Å². The van der Waals surface area contributed by atoms with Crippen molar-refractivity contribution in [3.63, 3.8) is 0 Å². The summed E-state index contributed by atoms with van der Waals surface area (Å²) in [6.45, 7) is 7.27. The molecule has 1 saturated heterocycles. The van der Waals surface area contributed by atoms with Gasteiger partial charge in [-0.2, -0.15) is 0 Å². The van der Waals surface area contributed by atoms with E-state index >= 15 is 0 Å². The fourth-order valence-corrected chi connectivity index (χ4v) is 4.49. The largest absolute Gasteiger partial charge is 0.347 e. The van der Waals surface area contributed by atoms with Crippen LogP contribution in [0.25, 0.3) is 0 Å². The molecule has 1 aliphatic heterocycles. The second-order valence-corrected chi connectivity index (χ2v) is 7.61. The van der Waals surface area contributed by atoms with Crippen LogP contribution in [0.4, 0.5) is 0 Å². The molecular formula is C17H32N2O2. The minimum atomic E-state index is -0.325. The highest BCUT2D eigenvalue weighted by Gasteiger charge is 2.47. The zero-order valence-corrected chi connectivity index (χ0v) is 13.7. The Labute approximate surface area is 129 Å². The van der Waals surface area contributed by atoms with Gasteiger partial charge in [0.1, 0.15) is 0 Å². The summed E-state index contributed by atoms with van der Waals surface area (Å²) in [5.41, 5.74) is 6.52. The van der Waals surface area contributed by atoms with Crippen LogP contribution >= 0.6 is 0 Å². The molecule has 3 rings (SSSR count). The van der Waals surface area contributed by atoms with Crippen LogP contribution in [0, 0.1) is 5.92 Å². The molecule has 4 nitrogen and oxygen atoms in total. The molecule has 1 heterocycles. The van der Waals surface area contributed by atoms with Gasteiger partial charge in [-0.3, -0.25) is 4.90 Å². The summed E-state index contributed by atoms with van der Waals surface area (Å²) in [5, 5.41) is 0. The number of hydrogen-bond acceptors (Lipinski definition) is 4. The maximum absolute atomic E-state index is 6.52. The molecule has 0 aromatic heterocycles. The Morgan fingerprint density at radius 3 is 2.43 bits per heavy atom. The normalized spacial score (nSPS) is 33.6. The minimum absolute atomic E-state index is 0.266. The lowest BCUT2D eigenvalue weighted by atomic mass is 9.84. The summed E-state index contributed by atoms with van der Waals surface area (Å²) in [6.07, 6.45) is 8.36. The molecular weight excluding hydrogens is 264 g/mol. The molecule has 0 radical (unpaired) electrons. The van der Waals surface area contributed by atoms with Crippen molar-refractivity contribution in [3.8, 4) is 0 Å². The number of hydrogen-bond donors (Lipinski definition) is 1. The van der Waals surface area contributed by atoms with E-state index < -0.39 is 0 Å². The first-order valence-electron chi connectivity index (χ1n) is 8.89. The molecule has 2 aliphatic carbocycles. The summed E-state index contributed by atoms with van der Waals surface area (Å²) < 4.78 is 11.9. The predicted molar refractivity (Wildman–Crippen MR) is 84.0 cm³/mol. The van der Waals surface area contributed by atoms with Crippen molar-refractivity contribution in [1.29, 1.82) is 0 Å². The fraction of sp³-hybridized carbons (Fsp3) is 1.00. The van der Waals surface area contributed by atoms with Gasteiger partial charge in [-0.05, 0) is 25.2 Å². The zero-order chi connectivity index (χ0) is 14.9. The van der Waals surface area contributed by atoms with Gasteiger partial charge in [0.2, 0.25) is 0 Å². The zero-order valence-electron chi connectivity index (χ0n) is 13.7. The van der Waals surface area contributed by atoms with E-state index in [0.29, 0.717) is 12.0 Å². The van der Waals surface area contributed by atoms with E-state index in [4.69, 9.17) is 15.2 Å². The van der Waals surface area contributed by atoms with Gasteiger partial charge in [0, 0.05) is 37.5 Å². The van der Waals surface area contributed by atoms with E-state index in [1.807, 2.05) is 0 Å². The van der Waals surface area contributed by atoms with Gasteiger partial charge < -0.3 is 15.2 Å². The Balaban J connectivity index is 1.74. The summed E-state index contributed by atoms with van der Waals surface area (Å²) in [7, 11) is 0. The van der Waals surface area contributed by atoms with Crippen LogP contribution in [-0.2, 0) is 9.47 Å². The van der Waals surface area contributed by atoms with Crippen LogP contribution in [0.1, 0.15) is 58.8 Å². The number of rotatable bonds is 4. The predicted octanol–water partition coefficient (Wildman–Crippen LogP) is 2.51. The van der Waals surface area contributed by atoms with Gasteiger partial charge in [0.05, 0.1) is 13.2 Å². The van der Waals surface area contributed by atoms with Gasteiger partial charge in [-0.15, -0.1) is 0 Å². The van der Waals surface area contributed by atoms with E-state index in [2.05, 4.69) is 18.7 Å². The Morgan fingerprint density at radius 2 is 1.81 bits per heavy atom. The lowest BCUT2D eigenvalue weighted by Crippen LogP contribution is -2.59. The van der Waals surface area contributed by atoms with Crippen LogP contribution < -0.4 is 5.73 Å². The fourth-order valence-electron chi connectivity index (χ4n) is 4.49. The van der Waals surface area contributed by atoms with E-state index in [-0.39, 0.29) is 11.8 Å². The van der Waals surface area contributed by atoms with Crippen molar-refractivity contribution in [2.75, 3.05) is 19.8 Å². The van der Waals surface area contributed by atoms with Crippen LogP contribution in [0.2, 0.25) is 0 Å². The number of nitrogens with zero attached hydrogens (tertiary/aromatic N) is 1. The third-order valence-electron chi connectivity index (χ3n) is 5.48. The molecule has 2 unspecified atom stereocenters.